The zero-order valence-corrected chi connectivity index (χ0v) is 17.6. The number of hydrogen-bond acceptors (Lipinski definition) is 5. The van der Waals surface area contributed by atoms with Crippen molar-refractivity contribution in [2.45, 2.75) is 26.2 Å². The Morgan fingerprint density at radius 2 is 1.61 bits per heavy atom. The Labute approximate surface area is 181 Å². The second-order valence-corrected chi connectivity index (χ2v) is 8.23. The predicted octanol–water partition coefficient (Wildman–Crippen LogP) is 4.11. The van der Waals surface area contributed by atoms with Crippen LogP contribution in [0.2, 0.25) is 0 Å². The number of carbonyl (C=O) groups excluding carboxylic acids is 3. The van der Waals surface area contributed by atoms with E-state index in [0.29, 0.717) is 17.9 Å². The van der Waals surface area contributed by atoms with Crippen LogP contribution in [0.3, 0.4) is 0 Å². The molecule has 0 unspecified atom stereocenters. The van der Waals surface area contributed by atoms with Crippen LogP contribution in [0.5, 0.6) is 5.75 Å². The average Bonchev–Trinajstić information content (AvgIpc) is 3.41. The van der Waals surface area contributed by atoms with Gasteiger partial charge in [0.25, 0.3) is 5.91 Å². The summed E-state index contributed by atoms with van der Waals surface area (Å²) in [7, 11) is 0. The lowest BCUT2D eigenvalue weighted by Gasteiger charge is -2.28. The first-order chi connectivity index (χ1) is 15.1. The van der Waals surface area contributed by atoms with Gasteiger partial charge in [-0.15, -0.1) is 0 Å². The van der Waals surface area contributed by atoms with Crippen LogP contribution < -0.4 is 10.1 Å². The van der Waals surface area contributed by atoms with E-state index in [1.807, 2.05) is 25.1 Å². The van der Waals surface area contributed by atoms with Crippen LogP contribution in [-0.4, -0.2) is 30.9 Å². The minimum Gasteiger partial charge on any atom is -0.494 e. The van der Waals surface area contributed by atoms with Gasteiger partial charge in [-0.3, -0.25) is 14.4 Å². The number of rotatable bonds is 8. The van der Waals surface area contributed by atoms with Crippen LogP contribution in [0, 0.1) is 23.7 Å². The first-order valence-electron chi connectivity index (χ1n) is 10.9. The molecule has 2 aliphatic rings. The molecule has 0 spiro atoms. The fourth-order valence-corrected chi connectivity index (χ4v) is 5.03. The summed E-state index contributed by atoms with van der Waals surface area (Å²) >= 11 is 0. The molecule has 2 fully saturated rings. The molecule has 162 valence electrons. The van der Waals surface area contributed by atoms with E-state index in [0.717, 1.165) is 25.0 Å². The standard InChI is InChI=1S/C25H27NO5/c1-2-30-20-12-10-19(11-13-20)26-21(27)15-31-25(29)23-18-9-8-17(14-18)22(23)24(28)16-6-4-3-5-7-16/h3-7,10-13,17-18,22-23H,2,8-9,14-15H2,1H3,(H,26,27)/t17-,18-,22-,23+/m0/s1. The van der Waals surface area contributed by atoms with Gasteiger partial charge in [-0.05, 0) is 62.3 Å². The third-order valence-electron chi connectivity index (χ3n) is 6.34. The molecule has 0 aliphatic heterocycles. The highest BCUT2D eigenvalue weighted by atomic mass is 16.5. The Balaban J connectivity index is 1.35. The molecule has 4 rings (SSSR count). The van der Waals surface area contributed by atoms with Crippen LogP contribution >= 0.6 is 0 Å². The molecule has 0 saturated heterocycles. The van der Waals surface area contributed by atoms with E-state index in [1.165, 1.54) is 0 Å². The van der Waals surface area contributed by atoms with Gasteiger partial charge in [-0.25, -0.2) is 0 Å². The summed E-state index contributed by atoms with van der Waals surface area (Å²) in [5.41, 5.74) is 1.23. The molecule has 0 heterocycles. The minimum absolute atomic E-state index is 0.00795. The summed E-state index contributed by atoms with van der Waals surface area (Å²) in [6.45, 7) is 2.10. The van der Waals surface area contributed by atoms with Gasteiger partial charge >= 0.3 is 5.97 Å². The van der Waals surface area contributed by atoms with Crippen LogP contribution in [-0.2, 0) is 14.3 Å². The van der Waals surface area contributed by atoms with Gasteiger partial charge in [-0.2, -0.15) is 0 Å². The summed E-state index contributed by atoms with van der Waals surface area (Å²) in [6, 6.07) is 16.1. The highest BCUT2D eigenvalue weighted by molar-refractivity contribution is 6.01. The molecule has 6 nitrogen and oxygen atoms in total. The van der Waals surface area contributed by atoms with Gasteiger partial charge in [0.2, 0.25) is 0 Å². The van der Waals surface area contributed by atoms with Gasteiger partial charge in [0.15, 0.2) is 12.4 Å². The summed E-state index contributed by atoms with van der Waals surface area (Å²) in [6.07, 6.45) is 2.78. The largest absolute Gasteiger partial charge is 0.494 e. The lowest BCUT2D eigenvalue weighted by molar-refractivity contribution is -0.154. The molecule has 2 saturated carbocycles. The van der Waals surface area contributed by atoms with Gasteiger partial charge in [0, 0.05) is 17.2 Å². The van der Waals surface area contributed by atoms with E-state index in [4.69, 9.17) is 9.47 Å². The van der Waals surface area contributed by atoms with Crippen molar-refractivity contribution in [2.24, 2.45) is 23.7 Å². The Morgan fingerprint density at radius 3 is 2.29 bits per heavy atom. The smallest absolute Gasteiger partial charge is 0.310 e. The van der Waals surface area contributed by atoms with E-state index >= 15 is 0 Å². The van der Waals surface area contributed by atoms with Crippen molar-refractivity contribution in [2.75, 3.05) is 18.5 Å². The topological polar surface area (TPSA) is 81.7 Å². The van der Waals surface area contributed by atoms with Crippen molar-refractivity contribution in [1.82, 2.24) is 0 Å². The number of nitrogens with one attached hydrogen (secondary N) is 1. The Kier molecular flexibility index (Phi) is 6.35. The zero-order valence-electron chi connectivity index (χ0n) is 17.6. The molecule has 1 amide bonds. The number of carbonyl (C=O) groups is 3. The maximum atomic E-state index is 13.1. The molecule has 31 heavy (non-hydrogen) atoms. The Bertz CT molecular complexity index is 940. The van der Waals surface area contributed by atoms with Crippen molar-refractivity contribution in [3.8, 4) is 5.75 Å². The van der Waals surface area contributed by atoms with Crippen molar-refractivity contribution in [1.29, 1.82) is 0 Å². The van der Waals surface area contributed by atoms with Crippen LogP contribution in [0.4, 0.5) is 5.69 Å². The Hall–Kier alpha value is -3.15. The minimum atomic E-state index is -0.468. The normalized spacial score (nSPS) is 23.9. The summed E-state index contributed by atoms with van der Waals surface area (Å²) in [5, 5.41) is 2.71. The Morgan fingerprint density at radius 1 is 0.935 bits per heavy atom. The lowest BCUT2D eigenvalue weighted by Crippen LogP contribution is -2.37. The molecule has 0 aromatic heterocycles. The van der Waals surface area contributed by atoms with Crippen molar-refractivity contribution in [3.05, 3.63) is 60.2 Å². The van der Waals surface area contributed by atoms with E-state index in [-0.39, 0.29) is 30.1 Å². The number of amides is 1. The number of anilines is 1. The third-order valence-corrected chi connectivity index (χ3v) is 6.34. The molecular formula is C25H27NO5. The first kappa shape index (κ1) is 21.1. The summed E-state index contributed by atoms with van der Waals surface area (Å²) in [5.74, 6) is -0.578. The first-order valence-corrected chi connectivity index (χ1v) is 10.9. The SMILES string of the molecule is CCOc1ccc(NC(=O)COC(=O)[C@@H]2[C@H]3CC[C@@H](C3)[C@@H]2C(=O)c2ccccc2)cc1. The molecule has 4 atom stereocenters. The van der Waals surface area contributed by atoms with Crippen LogP contribution in [0.15, 0.2) is 54.6 Å². The highest BCUT2D eigenvalue weighted by Crippen LogP contribution is 2.53. The van der Waals surface area contributed by atoms with E-state index < -0.39 is 17.8 Å². The second kappa shape index (κ2) is 9.33. The van der Waals surface area contributed by atoms with E-state index in [2.05, 4.69) is 5.32 Å². The van der Waals surface area contributed by atoms with Gasteiger partial charge in [0.1, 0.15) is 5.75 Å². The number of fused-ring (bicyclic) bond motifs is 2. The average molecular weight is 421 g/mol. The fourth-order valence-electron chi connectivity index (χ4n) is 5.03. The molecular weight excluding hydrogens is 394 g/mol. The van der Waals surface area contributed by atoms with Crippen molar-refractivity contribution < 1.29 is 23.9 Å². The number of Topliss-reactive ketones (excluding diaryl/α,β-unsaturated/α-hetero) is 1. The lowest BCUT2D eigenvalue weighted by atomic mass is 9.75. The van der Waals surface area contributed by atoms with E-state index in [1.54, 1.807) is 36.4 Å². The molecule has 6 heteroatoms. The number of hydrogen-bond donors (Lipinski definition) is 1. The van der Waals surface area contributed by atoms with Gasteiger partial charge in [-0.1, -0.05) is 30.3 Å². The van der Waals surface area contributed by atoms with E-state index in [9.17, 15) is 14.4 Å². The number of ether oxygens (including phenoxy) is 2. The highest BCUT2D eigenvalue weighted by Gasteiger charge is 2.54. The van der Waals surface area contributed by atoms with Crippen LogP contribution in [0.1, 0.15) is 36.5 Å². The molecule has 2 aromatic carbocycles. The van der Waals surface area contributed by atoms with Crippen LogP contribution in [0.25, 0.3) is 0 Å². The van der Waals surface area contributed by atoms with Crippen molar-refractivity contribution >= 4 is 23.3 Å². The van der Waals surface area contributed by atoms with Gasteiger partial charge in [0.05, 0.1) is 12.5 Å². The number of benzene rings is 2. The summed E-state index contributed by atoms with van der Waals surface area (Å²) < 4.78 is 10.7. The van der Waals surface area contributed by atoms with Gasteiger partial charge < -0.3 is 14.8 Å². The monoisotopic (exact) mass is 421 g/mol. The molecule has 0 radical (unpaired) electrons. The quantitative estimate of drug-likeness (QED) is 0.512. The number of ketones is 1. The molecule has 1 N–H and O–H groups in total. The maximum absolute atomic E-state index is 13.1. The zero-order chi connectivity index (χ0) is 21.8. The fraction of sp³-hybridized carbons (Fsp3) is 0.400. The van der Waals surface area contributed by atoms with Crippen molar-refractivity contribution in [3.63, 3.8) is 0 Å². The predicted molar refractivity (Wildman–Crippen MR) is 116 cm³/mol. The maximum Gasteiger partial charge on any atom is 0.310 e. The molecule has 2 aromatic rings. The molecule has 2 aliphatic carbocycles. The number of esters is 1. The molecule has 2 bridgehead atoms. The second-order valence-electron chi connectivity index (χ2n) is 8.23. The third kappa shape index (κ3) is 4.63. The summed E-state index contributed by atoms with van der Waals surface area (Å²) in [4.78, 5) is 38.2.